The fraction of sp³-hybridized carbons (Fsp3) is 0.600. The van der Waals surface area contributed by atoms with Gasteiger partial charge < -0.3 is 5.11 Å². The summed E-state index contributed by atoms with van der Waals surface area (Å²) in [5.41, 5.74) is 1.42. The Morgan fingerprint density at radius 3 is 2.25 bits per heavy atom. The lowest BCUT2D eigenvalue weighted by Crippen LogP contribution is -1.98. The summed E-state index contributed by atoms with van der Waals surface area (Å²) in [7, 11) is 0. The standard InChI is InChI=1S/C13H20O.C2H6/c1-12(10-11-14)6-5-9-13-7-3-2-4-8-13;1-2/h2-4,7-8,12,14H,5-6,9-11H2,1H3;1-2H3. The maximum Gasteiger partial charge on any atom is 0.0433 e. The average molecular weight is 222 g/mol. The lowest BCUT2D eigenvalue weighted by atomic mass is 9.99. The summed E-state index contributed by atoms with van der Waals surface area (Å²) in [4.78, 5) is 0. The molecule has 0 saturated carbocycles. The predicted octanol–water partition coefficient (Wildman–Crippen LogP) is 4.05. The molecule has 1 nitrogen and oxygen atoms in total. The molecule has 0 amide bonds. The van der Waals surface area contributed by atoms with Crippen LogP contribution in [0.4, 0.5) is 0 Å². The molecule has 1 N–H and O–H groups in total. The van der Waals surface area contributed by atoms with Crippen LogP contribution in [-0.4, -0.2) is 11.7 Å². The minimum atomic E-state index is 0.326. The van der Waals surface area contributed by atoms with Crippen LogP contribution in [0.2, 0.25) is 0 Å². The molecule has 0 heterocycles. The van der Waals surface area contributed by atoms with Crippen molar-refractivity contribution in [1.82, 2.24) is 0 Å². The van der Waals surface area contributed by atoms with Crippen LogP contribution in [0, 0.1) is 5.92 Å². The van der Waals surface area contributed by atoms with Crippen molar-refractivity contribution >= 4 is 0 Å². The maximum absolute atomic E-state index is 8.75. The molecule has 0 aromatic heterocycles. The van der Waals surface area contributed by atoms with Crippen molar-refractivity contribution in [2.75, 3.05) is 6.61 Å². The van der Waals surface area contributed by atoms with Crippen molar-refractivity contribution in [3.8, 4) is 0 Å². The molecular weight excluding hydrogens is 196 g/mol. The summed E-state index contributed by atoms with van der Waals surface area (Å²) in [6.45, 7) is 6.54. The van der Waals surface area contributed by atoms with E-state index in [1.165, 1.54) is 18.4 Å². The van der Waals surface area contributed by atoms with Crippen molar-refractivity contribution in [2.24, 2.45) is 5.92 Å². The SMILES string of the molecule is CC.CC(CCO)CCCc1ccccc1. The Bertz CT molecular complexity index is 230. The molecule has 1 unspecified atom stereocenters. The molecule has 1 aromatic rings. The van der Waals surface area contributed by atoms with Crippen LogP contribution in [0.25, 0.3) is 0 Å². The van der Waals surface area contributed by atoms with E-state index in [9.17, 15) is 0 Å². The Kier molecular flexibility index (Phi) is 10.1. The van der Waals surface area contributed by atoms with Gasteiger partial charge in [-0.05, 0) is 30.7 Å². The number of aliphatic hydroxyl groups is 1. The van der Waals surface area contributed by atoms with Gasteiger partial charge in [0.1, 0.15) is 0 Å². The lowest BCUT2D eigenvalue weighted by Gasteiger charge is -2.08. The Morgan fingerprint density at radius 2 is 1.69 bits per heavy atom. The second kappa shape index (κ2) is 10.7. The van der Waals surface area contributed by atoms with Crippen molar-refractivity contribution in [1.29, 1.82) is 0 Å². The van der Waals surface area contributed by atoms with Crippen LogP contribution < -0.4 is 0 Å². The molecule has 0 radical (unpaired) electrons. The van der Waals surface area contributed by atoms with Gasteiger partial charge in [0, 0.05) is 6.61 Å². The summed E-state index contributed by atoms with van der Waals surface area (Å²) in [5.74, 6) is 0.656. The highest BCUT2D eigenvalue weighted by molar-refractivity contribution is 5.14. The van der Waals surface area contributed by atoms with Gasteiger partial charge >= 0.3 is 0 Å². The first-order valence-corrected chi connectivity index (χ1v) is 6.47. The Hall–Kier alpha value is -0.820. The summed E-state index contributed by atoms with van der Waals surface area (Å²) >= 11 is 0. The fourth-order valence-corrected chi connectivity index (χ4v) is 1.66. The average Bonchev–Trinajstić information content (AvgIpc) is 2.33. The largest absolute Gasteiger partial charge is 0.396 e. The monoisotopic (exact) mass is 222 g/mol. The third-order valence-electron chi connectivity index (χ3n) is 2.63. The van der Waals surface area contributed by atoms with Crippen LogP contribution in [0.15, 0.2) is 30.3 Å². The van der Waals surface area contributed by atoms with Gasteiger partial charge in [-0.15, -0.1) is 0 Å². The molecule has 92 valence electrons. The van der Waals surface area contributed by atoms with Crippen molar-refractivity contribution in [3.63, 3.8) is 0 Å². The number of hydrogen-bond donors (Lipinski definition) is 1. The summed E-state index contributed by atoms with van der Waals surface area (Å²) < 4.78 is 0. The van der Waals surface area contributed by atoms with E-state index in [1.54, 1.807) is 0 Å². The second-order valence-corrected chi connectivity index (χ2v) is 4.00. The zero-order valence-corrected chi connectivity index (χ0v) is 10.9. The van der Waals surface area contributed by atoms with Gasteiger partial charge in [0.05, 0.1) is 0 Å². The number of aliphatic hydroxyl groups excluding tert-OH is 1. The second-order valence-electron chi connectivity index (χ2n) is 4.00. The third-order valence-corrected chi connectivity index (χ3v) is 2.63. The van der Waals surface area contributed by atoms with E-state index in [-0.39, 0.29) is 0 Å². The first-order chi connectivity index (χ1) is 7.83. The zero-order chi connectivity index (χ0) is 12.2. The highest BCUT2D eigenvalue weighted by Crippen LogP contribution is 2.12. The Balaban J connectivity index is 0.00000106. The molecule has 0 saturated heterocycles. The van der Waals surface area contributed by atoms with Crippen molar-refractivity contribution < 1.29 is 5.11 Å². The lowest BCUT2D eigenvalue weighted by molar-refractivity contribution is 0.257. The van der Waals surface area contributed by atoms with Gasteiger partial charge in [0.15, 0.2) is 0 Å². The van der Waals surface area contributed by atoms with Crippen molar-refractivity contribution in [3.05, 3.63) is 35.9 Å². The molecule has 0 bridgehead atoms. The normalized spacial score (nSPS) is 11.5. The number of benzene rings is 1. The molecule has 0 aliphatic rings. The molecular formula is C15H26O. The van der Waals surface area contributed by atoms with E-state index in [0.717, 1.165) is 12.8 Å². The molecule has 1 heteroatoms. The van der Waals surface area contributed by atoms with E-state index >= 15 is 0 Å². The van der Waals surface area contributed by atoms with Crippen LogP contribution in [-0.2, 0) is 6.42 Å². The minimum absolute atomic E-state index is 0.326. The molecule has 0 aliphatic heterocycles. The zero-order valence-electron chi connectivity index (χ0n) is 10.9. The Morgan fingerprint density at radius 1 is 1.06 bits per heavy atom. The molecule has 16 heavy (non-hydrogen) atoms. The van der Waals surface area contributed by atoms with Gasteiger partial charge in [-0.25, -0.2) is 0 Å². The van der Waals surface area contributed by atoms with E-state index in [0.29, 0.717) is 12.5 Å². The number of aryl methyl sites for hydroxylation is 1. The molecule has 1 rings (SSSR count). The van der Waals surface area contributed by atoms with Crippen molar-refractivity contribution in [2.45, 2.75) is 46.5 Å². The number of hydrogen-bond acceptors (Lipinski definition) is 1. The summed E-state index contributed by atoms with van der Waals surface area (Å²) in [6, 6.07) is 10.6. The predicted molar refractivity (Wildman–Crippen MR) is 71.6 cm³/mol. The first-order valence-electron chi connectivity index (χ1n) is 6.47. The molecule has 0 spiro atoms. The van der Waals surface area contributed by atoms with E-state index in [1.807, 2.05) is 13.8 Å². The molecule has 1 aromatic carbocycles. The van der Waals surface area contributed by atoms with Gasteiger partial charge in [-0.2, -0.15) is 0 Å². The van der Waals surface area contributed by atoms with Crippen LogP contribution in [0.5, 0.6) is 0 Å². The van der Waals surface area contributed by atoms with Crippen LogP contribution in [0.3, 0.4) is 0 Å². The molecule has 1 atom stereocenters. The van der Waals surface area contributed by atoms with E-state index in [2.05, 4.69) is 37.3 Å². The first kappa shape index (κ1) is 15.2. The smallest absolute Gasteiger partial charge is 0.0433 e. The van der Waals surface area contributed by atoms with E-state index in [4.69, 9.17) is 5.11 Å². The fourth-order valence-electron chi connectivity index (χ4n) is 1.66. The van der Waals surface area contributed by atoms with Gasteiger partial charge in [0.2, 0.25) is 0 Å². The molecule has 0 fully saturated rings. The van der Waals surface area contributed by atoms with Gasteiger partial charge in [0.25, 0.3) is 0 Å². The van der Waals surface area contributed by atoms with Gasteiger partial charge in [-0.3, -0.25) is 0 Å². The topological polar surface area (TPSA) is 20.2 Å². The molecule has 0 aliphatic carbocycles. The van der Waals surface area contributed by atoms with E-state index < -0.39 is 0 Å². The minimum Gasteiger partial charge on any atom is -0.396 e. The highest BCUT2D eigenvalue weighted by Gasteiger charge is 2.00. The third kappa shape index (κ3) is 7.47. The quantitative estimate of drug-likeness (QED) is 0.769. The maximum atomic E-state index is 8.75. The summed E-state index contributed by atoms with van der Waals surface area (Å²) in [6.07, 6.45) is 4.55. The van der Waals surface area contributed by atoms with Gasteiger partial charge in [-0.1, -0.05) is 57.5 Å². The van der Waals surface area contributed by atoms with Crippen LogP contribution >= 0.6 is 0 Å². The summed E-state index contributed by atoms with van der Waals surface area (Å²) in [5, 5.41) is 8.75. The Labute approximate surface area is 101 Å². The van der Waals surface area contributed by atoms with Crippen LogP contribution in [0.1, 0.15) is 45.6 Å². The highest BCUT2D eigenvalue weighted by atomic mass is 16.3. The number of rotatable bonds is 6.